The summed E-state index contributed by atoms with van der Waals surface area (Å²) in [5, 5.41) is 3.26. The smallest absolute Gasteiger partial charge is 0.333 e. The van der Waals surface area contributed by atoms with E-state index >= 15 is 0 Å². The van der Waals surface area contributed by atoms with Crippen LogP contribution in [0.1, 0.15) is 6.92 Å². The maximum Gasteiger partial charge on any atom is 0.333 e. The number of amides is 2. The standard InChI is InChI=1S/C3H7N2O/c1-2-5-3(4)6/h2H2,1H3,(H2,4,6). The minimum absolute atomic E-state index is 0.481. The number of hydrogen-bond acceptors (Lipinski definition) is 1. The fraction of sp³-hybridized carbons (Fsp3) is 0.667. The molecule has 6 heavy (non-hydrogen) atoms. The zero-order chi connectivity index (χ0) is 4.99. The zero-order valence-electron chi connectivity index (χ0n) is 3.64. The molecule has 0 unspecified atom stereocenters. The van der Waals surface area contributed by atoms with Gasteiger partial charge in [0.1, 0.15) is 0 Å². The van der Waals surface area contributed by atoms with Crippen LogP contribution in [0.15, 0.2) is 0 Å². The van der Waals surface area contributed by atoms with Crippen LogP contribution in [0.2, 0.25) is 0 Å². The van der Waals surface area contributed by atoms with Crippen LogP contribution in [0, 0.1) is 0 Å². The van der Waals surface area contributed by atoms with Crippen LogP contribution in [-0.4, -0.2) is 12.6 Å². The van der Waals surface area contributed by atoms with E-state index in [4.69, 9.17) is 0 Å². The second-order valence-electron chi connectivity index (χ2n) is 0.813. The van der Waals surface area contributed by atoms with E-state index in [2.05, 4.69) is 11.1 Å². The molecule has 0 spiro atoms. The van der Waals surface area contributed by atoms with Crippen molar-refractivity contribution in [2.75, 3.05) is 6.54 Å². The molecule has 0 rings (SSSR count). The van der Waals surface area contributed by atoms with Gasteiger partial charge in [0, 0.05) is 6.54 Å². The van der Waals surface area contributed by atoms with Gasteiger partial charge in [0.15, 0.2) is 0 Å². The molecule has 3 heteroatoms. The maximum atomic E-state index is 9.65. The van der Waals surface area contributed by atoms with E-state index in [1.54, 1.807) is 6.92 Å². The van der Waals surface area contributed by atoms with Crippen LogP contribution in [0.5, 0.6) is 0 Å². The summed E-state index contributed by atoms with van der Waals surface area (Å²) in [7, 11) is 0. The van der Waals surface area contributed by atoms with Crippen molar-refractivity contribution in [3.63, 3.8) is 0 Å². The number of carbonyl (C=O) groups is 1. The quantitative estimate of drug-likeness (QED) is 0.468. The van der Waals surface area contributed by atoms with E-state index in [1.165, 1.54) is 0 Å². The first-order chi connectivity index (χ1) is 2.77. The first-order valence-electron chi connectivity index (χ1n) is 1.74. The Balaban J connectivity index is 2.83. The second-order valence-corrected chi connectivity index (χ2v) is 0.813. The van der Waals surface area contributed by atoms with Crippen molar-refractivity contribution < 1.29 is 4.79 Å². The van der Waals surface area contributed by atoms with Crippen molar-refractivity contribution in [1.29, 1.82) is 0 Å². The molecule has 0 bridgehead atoms. The van der Waals surface area contributed by atoms with Crippen LogP contribution in [0.4, 0.5) is 4.79 Å². The molecule has 0 aliphatic rings. The second kappa shape index (κ2) is 2.50. The Morgan fingerprint density at radius 1 is 2.00 bits per heavy atom. The highest BCUT2D eigenvalue weighted by Crippen LogP contribution is 1.54. The van der Waals surface area contributed by atoms with Gasteiger partial charge in [-0.1, -0.05) is 0 Å². The number of nitrogens with zero attached hydrogens (tertiary/aromatic N) is 1. The van der Waals surface area contributed by atoms with Crippen LogP contribution in [0.25, 0.3) is 0 Å². The lowest BCUT2D eigenvalue weighted by Crippen LogP contribution is -2.21. The van der Waals surface area contributed by atoms with Crippen LogP contribution in [0.3, 0.4) is 0 Å². The van der Waals surface area contributed by atoms with Gasteiger partial charge in [-0.3, -0.25) is 0 Å². The van der Waals surface area contributed by atoms with Crippen LogP contribution < -0.4 is 11.1 Å². The lowest BCUT2D eigenvalue weighted by Gasteiger charge is -1.84. The fourth-order valence-corrected chi connectivity index (χ4v) is 0.156. The molecule has 0 aliphatic carbocycles. The molecule has 3 nitrogen and oxygen atoms in total. The SMILES string of the molecule is CC[N]C(N)=O. The van der Waals surface area contributed by atoms with Gasteiger partial charge in [-0.05, 0) is 6.92 Å². The van der Waals surface area contributed by atoms with E-state index in [9.17, 15) is 4.79 Å². The van der Waals surface area contributed by atoms with Gasteiger partial charge in [0.05, 0.1) is 0 Å². The lowest BCUT2D eigenvalue weighted by molar-refractivity contribution is 0.249. The van der Waals surface area contributed by atoms with Gasteiger partial charge in [-0.2, -0.15) is 0 Å². The molecule has 0 fully saturated rings. The first kappa shape index (κ1) is 5.27. The predicted octanol–water partition coefficient (Wildman–Crippen LogP) is -0.311. The summed E-state index contributed by atoms with van der Waals surface area (Å²) in [6.07, 6.45) is 0. The summed E-state index contributed by atoms with van der Waals surface area (Å²) < 4.78 is 0. The van der Waals surface area contributed by atoms with E-state index < -0.39 is 6.03 Å². The van der Waals surface area contributed by atoms with Crippen molar-refractivity contribution in [3.05, 3.63) is 0 Å². The van der Waals surface area contributed by atoms with E-state index in [0.29, 0.717) is 6.54 Å². The molecule has 0 aliphatic heterocycles. The minimum Gasteiger partial charge on any atom is -0.350 e. The molecule has 2 amide bonds. The molecule has 0 atom stereocenters. The molecule has 0 heterocycles. The Bertz CT molecular complexity index is 52.8. The fourth-order valence-electron chi connectivity index (χ4n) is 0.156. The van der Waals surface area contributed by atoms with Crippen LogP contribution in [-0.2, 0) is 0 Å². The summed E-state index contributed by atoms with van der Waals surface area (Å²) >= 11 is 0. The Hall–Kier alpha value is -0.730. The summed E-state index contributed by atoms with van der Waals surface area (Å²) in [5.74, 6) is 0. The molecule has 0 saturated carbocycles. The van der Waals surface area contributed by atoms with Crippen LogP contribution >= 0.6 is 0 Å². The molecule has 2 N–H and O–H groups in total. The van der Waals surface area contributed by atoms with Gasteiger partial charge in [0.25, 0.3) is 0 Å². The zero-order valence-corrected chi connectivity index (χ0v) is 3.64. The molecular weight excluding hydrogens is 80.0 g/mol. The average Bonchev–Trinajstić information content (AvgIpc) is 1.35. The van der Waals surface area contributed by atoms with Crippen molar-refractivity contribution in [1.82, 2.24) is 5.32 Å². The number of urea groups is 1. The number of rotatable bonds is 1. The van der Waals surface area contributed by atoms with Gasteiger partial charge in [0.2, 0.25) is 0 Å². The van der Waals surface area contributed by atoms with Gasteiger partial charge in [-0.15, -0.1) is 0 Å². The van der Waals surface area contributed by atoms with Crippen molar-refractivity contribution in [2.45, 2.75) is 6.92 Å². The highest BCUT2D eigenvalue weighted by Gasteiger charge is 1.83. The number of nitrogens with two attached hydrogens (primary N) is 1. The van der Waals surface area contributed by atoms with E-state index in [0.717, 1.165) is 0 Å². The molecule has 0 aromatic rings. The lowest BCUT2D eigenvalue weighted by atomic mass is 10.7. The highest BCUT2D eigenvalue weighted by atomic mass is 16.2. The van der Waals surface area contributed by atoms with Crippen molar-refractivity contribution >= 4 is 6.03 Å². The molecule has 35 valence electrons. The monoisotopic (exact) mass is 87.1 g/mol. The molecular formula is C3H7N2O. The molecule has 0 aromatic carbocycles. The van der Waals surface area contributed by atoms with Crippen molar-refractivity contribution in [3.8, 4) is 0 Å². The number of hydrogen-bond donors (Lipinski definition) is 1. The molecule has 0 saturated heterocycles. The molecule has 1 radical (unpaired) electrons. The third-order valence-electron chi connectivity index (χ3n) is 0.314. The van der Waals surface area contributed by atoms with Gasteiger partial charge in [-0.25, -0.2) is 10.1 Å². The maximum absolute atomic E-state index is 9.65. The minimum atomic E-state index is -0.586. The molecule has 0 aromatic heterocycles. The Morgan fingerprint density at radius 2 is 2.50 bits per heavy atom. The first-order valence-corrected chi connectivity index (χ1v) is 1.74. The van der Waals surface area contributed by atoms with E-state index in [1.807, 2.05) is 0 Å². The predicted molar refractivity (Wildman–Crippen MR) is 22.3 cm³/mol. The normalized spacial score (nSPS) is 7.50. The summed E-state index contributed by atoms with van der Waals surface area (Å²) in [6.45, 7) is 2.24. The average molecular weight is 87.1 g/mol. The van der Waals surface area contributed by atoms with Gasteiger partial charge >= 0.3 is 6.03 Å². The third-order valence-corrected chi connectivity index (χ3v) is 0.314. The van der Waals surface area contributed by atoms with Crippen molar-refractivity contribution in [2.24, 2.45) is 5.73 Å². The van der Waals surface area contributed by atoms with Gasteiger partial charge < -0.3 is 5.73 Å². The Kier molecular flexibility index (Phi) is 2.20. The topological polar surface area (TPSA) is 57.2 Å². The number of carbonyl (C=O) groups excluding carboxylic acids is 1. The third kappa shape index (κ3) is 3.27. The van der Waals surface area contributed by atoms with E-state index in [-0.39, 0.29) is 0 Å². The summed E-state index contributed by atoms with van der Waals surface area (Å²) in [4.78, 5) is 9.65. The Labute approximate surface area is 36.5 Å². The Morgan fingerprint density at radius 3 is 2.50 bits per heavy atom. The number of primary amides is 1. The summed E-state index contributed by atoms with van der Waals surface area (Å²) in [5.41, 5.74) is 4.60. The highest BCUT2D eigenvalue weighted by molar-refractivity contribution is 5.71. The largest absolute Gasteiger partial charge is 0.350 e. The summed E-state index contributed by atoms with van der Waals surface area (Å²) in [6, 6.07) is -0.586.